The van der Waals surface area contributed by atoms with Crippen molar-refractivity contribution in [1.82, 2.24) is 0 Å². The van der Waals surface area contributed by atoms with E-state index in [1.165, 1.54) is 12.1 Å². The number of hydrogen-bond acceptors (Lipinski definition) is 2. The first-order chi connectivity index (χ1) is 6.44. The van der Waals surface area contributed by atoms with E-state index in [1.807, 2.05) is 0 Å². The number of anilines is 1. The molecule has 0 saturated heterocycles. The first kappa shape index (κ1) is 11.7. The summed E-state index contributed by atoms with van der Waals surface area (Å²) in [7, 11) is -3.52. The van der Waals surface area contributed by atoms with Crippen molar-refractivity contribution in [2.45, 2.75) is 0 Å². The van der Waals surface area contributed by atoms with Gasteiger partial charge in [0, 0.05) is 5.02 Å². The summed E-state index contributed by atoms with van der Waals surface area (Å²) in [6.07, 6.45) is 0. The average Bonchev–Trinajstić information content (AvgIpc) is 2.10. The van der Waals surface area contributed by atoms with Crippen LogP contribution in [-0.4, -0.2) is 13.1 Å². The van der Waals surface area contributed by atoms with Gasteiger partial charge in [-0.3, -0.25) is 4.72 Å². The fourth-order valence-electron chi connectivity index (χ4n) is 0.767. The van der Waals surface area contributed by atoms with Gasteiger partial charge in [0.05, 0.1) is 5.69 Å². The van der Waals surface area contributed by atoms with Crippen LogP contribution in [0.4, 0.5) is 10.1 Å². The molecule has 0 aliphatic heterocycles. The highest BCUT2D eigenvalue weighted by Gasteiger charge is 2.11. The summed E-state index contributed by atoms with van der Waals surface area (Å²) in [4.78, 5) is 0. The van der Waals surface area contributed by atoms with E-state index >= 15 is 0 Å². The zero-order valence-corrected chi connectivity index (χ0v) is 9.96. The van der Waals surface area contributed by atoms with Gasteiger partial charge in [0.2, 0.25) is 10.0 Å². The van der Waals surface area contributed by atoms with Crippen LogP contribution < -0.4 is 4.72 Å². The first-order valence-corrected chi connectivity index (χ1v) is 6.61. The monoisotopic (exact) mass is 301 g/mol. The number of rotatable bonds is 3. The van der Waals surface area contributed by atoms with Crippen molar-refractivity contribution in [3.8, 4) is 0 Å². The van der Waals surface area contributed by atoms with Gasteiger partial charge in [0.15, 0.2) is 0 Å². The van der Waals surface area contributed by atoms with Crippen LogP contribution in [0, 0.1) is 5.82 Å². The van der Waals surface area contributed by atoms with Crippen molar-refractivity contribution >= 4 is 43.2 Å². The van der Waals surface area contributed by atoms with E-state index in [1.54, 1.807) is 0 Å². The first-order valence-electron chi connectivity index (χ1n) is 3.46. The topological polar surface area (TPSA) is 46.2 Å². The maximum Gasteiger partial charge on any atom is 0.242 e. The van der Waals surface area contributed by atoms with E-state index in [4.69, 9.17) is 11.6 Å². The van der Waals surface area contributed by atoms with Crippen LogP contribution in [0.25, 0.3) is 0 Å². The van der Waals surface area contributed by atoms with Crippen LogP contribution in [0.15, 0.2) is 18.2 Å². The van der Waals surface area contributed by atoms with Crippen molar-refractivity contribution in [2.75, 3.05) is 9.38 Å². The Balaban J connectivity index is 2.99. The second kappa shape index (κ2) is 4.46. The minimum Gasteiger partial charge on any atom is -0.280 e. The Morgan fingerprint density at radius 3 is 2.64 bits per heavy atom. The van der Waals surface area contributed by atoms with E-state index in [0.29, 0.717) is 0 Å². The summed E-state index contributed by atoms with van der Waals surface area (Å²) in [6, 6.07) is 3.70. The van der Waals surface area contributed by atoms with Gasteiger partial charge >= 0.3 is 0 Å². The van der Waals surface area contributed by atoms with Crippen molar-refractivity contribution in [1.29, 1.82) is 0 Å². The number of benzene rings is 1. The summed E-state index contributed by atoms with van der Waals surface area (Å²) in [5.41, 5.74) is -0.117. The molecule has 0 aromatic heterocycles. The highest BCUT2D eigenvalue weighted by atomic mass is 79.9. The van der Waals surface area contributed by atoms with Gasteiger partial charge in [-0.1, -0.05) is 27.5 Å². The SMILES string of the molecule is O=S(=O)(CBr)Nc1ccc(Cl)cc1F. The predicted molar refractivity (Wildman–Crippen MR) is 57.7 cm³/mol. The Morgan fingerprint density at radius 1 is 1.50 bits per heavy atom. The molecule has 7 heteroatoms. The van der Waals surface area contributed by atoms with E-state index < -0.39 is 15.8 Å². The molecule has 14 heavy (non-hydrogen) atoms. The standard InChI is InChI=1S/C7H6BrClFNO2S/c8-4-14(12,13)11-7-2-1-5(9)3-6(7)10/h1-3,11H,4H2. The number of sulfonamides is 1. The largest absolute Gasteiger partial charge is 0.280 e. The quantitative estimate of drug-likeness (QED) is 0.872. The maximum atomic E-state index is 13.1. The normalized spacial score (nSPS) is 11.4. The Bertz CT molecular complexity index is 437. The van der Waals surface area contributed by atoms with E-state index in [0.717, 1.165) is 6.07 Å². The molecule has 0 amide bonds. The Labute approximate surface area is 94.4 Å². The lowest BCUT2D eigenvalue weighted by Gasteiger charge is -2.06. The summed E-state index contributed by atoms with van der Waals surface area (Å²) in [5, 5.41) is 0.212. The van der Waals surface area contributed by atoms with E-state index in [9.17, 15) is 12.8 Å². The molecule has 3 nitrogen and oxygen atoms in total. The third-order valence-corrected chi connectivity index (χ3v) is 4.20. The maximum absolute atomic E-state index is 13.1. The second-order valence-electron chi connectivity index (χ2n) is 2.45. The van der Waals surface area contributed by atoms with Crippen LogP contribution in [0.3, 0.4) is 0 Å². The highest BCUT2D eigenvalue weighted by molar-refractivity contribution is 9.10. The molecule has 0 saturated carbocycles. The summed E-state index contributed by atoms with van der Waals surface area (Å²) < 4.78 is 37.0. The molecule has 0 bridgehead atoms. The van der Waals surface area contributed by atoms with Crippen molar-refractivity contribution in [2.24, 2.45) is 0 Å². The second-order valence-corrected chi connectivity index (χ2v) is 5.91. The van der Waals surface area contributed by atoms with Gasteiger partial charge in [0.1, 0.15) is 10.5 Å². The molecule has 0 spiro atoms. The smallest absolute Gasteiger partial charge is 0.242 e. The molecule has 0 radical (unpaired) electrons. The molecular formula is C7H6BrClFNO2S. The van der Waals surface area contributed by atoms with Crippen LogP contribution in [-0.2, 0) is 10.0 Å². The molecule has 0 aliphatic carbocycles. The minimum atomic E-state index is -3.52. The van der Waals surface area contributed by atoms with Gasteiger partial charge in [-0.15, -0.1) is 0 Å². The third kappa shape index (κ3) is 3.11. The Kier molecular flexibility index (Phi) is 3.74. The van der Waals surface area contributed by atoms with E-state index in [-0.39, 0.29) is 15.4 Å². The van der Waals surface area contributed by atoms with Gasteiger partial charge in [-0.05, 0) is 18.2 Å². The Hall–Kier alpha value is -0.330. The number of halogens is 3. The number of nitrogens with one attached hydrogen (secondary N) is 1. The summed E-state index contributed by atoms with van der Waals surface area (Å²) in [6.45, 7) is 0. The molecule has 1 rings (SSSR count). The van der Waals surface area contributed by atoms with Crippen molar-refractivity contribution in [3.63, 3.8) is 0 Å². The molecule has 0 heterocycles. The van der Waals surface area contributed by atoms with Gasteiger partial charge in [-0.2, -0.15) is 0 Å². The van der Waals surface area contributed by atoms with Crippen LogP contribution >= 0.6 is 27.5 Å². The van der Waals surface area contributed by atoms with E-state index in [2.05, 4.69) is 20.7 Å². The van der Waals surface area contributed by atoms with Crippen LogP contribution in [0.1, 0.15) is 0 Å². The number of hydrogen-bond donors (Lipinski definition) is 1. The summed E-state index contributed by atoms with van der Waals surface area (Å²) >= 11 is 8.26. The molecule has 0 atom stereocenters. The molecule has 1 N–H and O–H groups in total. The predicted octanol–water partition coefficient (Wildman–Crippen LogP) is 2.57. The highest BCUT2D eigenvalue weighted by Crippen LogP contribution is 2.20. The van der Waals surface area contributed by atoms with Crippen molar-refractivity contribution in [3.05, 3.63) is 29.0 Å². The zero-order chi connectivity index (χ0) is 10.8. The van der Waals surface area contributed by atoms with Gasteiger partial charge in [0.25, 0.3) is 0 Å². The molecule has 1 aromatic carbocycles. The Morgan fingerprint density at radius 2 is 2.14 bits per heavy atom. The summed E-state index contributed by atoms with van der Waals surface area (Å²) in [5.74, 6) is -0.706. The lowest BCUT2D eigenvalue weighted by atomic mass is 10.3. The number of alkyl halides is 1. The molecule has 0 fully saturated rings. The molecular weight excluding hydrogens is 297 g/mol. The average molecular weight is 303 g/mol. The molecule has 0 unspecified atom stereocenters. The van der Waals surface area contributed by atoms with Gasteiger partial charge < -0.3 is 0 Å². The van der Waals surface area contributed by atoms with Crippen molar-refractivity contribution < 1.29 is 12.8 Å². The van der Waals surface area contributed by atoms with Crippen LogP contribution in [0.5, 0.6) is 0 Å². The lowest BCUT2D eigenvalue weighted by Crippen LogP contribution is -2.14. The fourth-order valence-corrected chi connectivity index (χ4v) is 1.82. The fraction of sp³-hybridized carbons (Fsp3) is 0.143. The van der Waals surface area contributed by atoms with Crippen LogP contribution in [0.2, 0.25) is 5.02 Å². The zero-order valence-electron chi connectivity index (χ0n) is 6.80. The van der Waals surface area contributed by atoms with Gasteiger partial charge in [-0.25, -0.2) is 12.8 Å². The third-order valence-electron chi connectivity index (χ3n) is 1.34. The molecule has 1 aromatic rings. The molecule has 0 aliphatic rings. The molecule has 78 valence electrons. The minimum absolute atomic E-state index is 0.117. The lowest BCUT2D eigenvalue weighted by molar-refractivity contribution is 0.603.